The molecule has 0 bridgehead atoms. The molecule has 2 unspecified atom stereocenters. The van der Waals surface area contributed by atoms with Crippen LogP contribution in [0.25, 0.3) is 0 Å². The molecule has 0 aromatic heterocycles. The van der Waals surface area contributed by atoms with Crippen molar-refractivity contribution in [1.82, 2.24) is 4.90 Å². The number of rotatable bonds is 5. The van der Waals surface area contributed by atoms with Crippen molar-refractivity contribution in [2.75, 3.05) is 32.5 Å². The maximum Gasteiger partial charge on any atom is 0.0917 e. The second-order valence-corrected chi connectivity index (χ2v) is 5.04. The average Bonchev–Trinajstić information content (AvgIpc) is 2.81. The molecular formula is C14H22N2O2. The lowest BCUT2D eigenvalue weighted by atomic mass is 10.1. The van der Waals surface area contributed by atoms with E-state index in [1.54, 1.807) is 0 Å². The van der Waals surface area contributed by atoms with E-state index >= 15 is 0 Å². The van der Waals surface area contributed by atoms with Crippen molar-refractivity contribution in [2.45, 2.75) is 25.0 Å². The van der Waals surface area contributed by atoms with Gasteiger partial charge >= 0.3 is 0 Å². The summed E-state index contributed by atoms with van der Waals surface area (Å²) in [5.74, 6) is 0. The van der Waals surface area contributed by atoms with Crippen LogP contribution in [0.5, 0.6) is 0 Å². The topological polar surface area (TPSA) is 58.7 Å². The second kappa shape index (κ2) is 6.18. The molecule has 0 radical (unpaired) electrons. The predicted molar refractivity (Wildman–Crippen MR) is 72.3 cm³/mol. The Balaban J connectivity index is 1.84. The van der Waals surface area contributed by atoms with Gasteiger partial charge in [0.05, 0.1) is 12.2 Å². The van der Waals surface area contributed by atoms with Crippen LogP contribution in [0, 0.1) is 0 Å². The minimum atomic E-state index is -0.500. The van der Waals surface area contributed by atoms with Crippen molar-refractivity contribution in [3.63, 3.8) is 0 Å². The zero-order valence-electron chi connectivity index (χ0n) is 10.9. The lowest BCUT2D eigenvalue weighted by Crippen LogP contribution is -2.32. The van der Waals surface area contributed by atoms with Gasteiger partial charge in [-0.1, -0.05) is 12.1 Å². The van der Waals surface area contributed by atoms with Gasteiger partial charge in [-0.2, -0.15) is 0 Å². The van der Waals surface area contributed by atoms with E-state index in [4.69, 9.17) is 10.5 Å². The van der Waals surface area contributed by atoms with Gasteiger partial charge in [0.15, 0.2) is 0 Å². The molecule has 1 aliphatic heterocycles. The van der Waals surface area contributed by atoms with Crippen LogP contribution in [0.1, 0.15) is 24.5 Å². The minimum Gasteiger partial charge on any atom is -0.399 e. The number of likely N-dealkylation sites (N-methyl/N-ethyl adjacent to an activating group) is 1. The van der Waals surface area contributed by atoms with Crippen molar-refractivity contribution in [3.05, 3.63) is 29.8 Å². The zero-order valence-corrected chi connectivity index (χ0v) is 10.9. The lowest BCUT2D eigenvalue weighted by Gasteiger charge is -2.23. The minimum absolute atomic E-state index is 0.322. The first-order valence-electron chi connectivity index (χ1n) is 6.49. The number of hydrogen-bond donors (Lipinski definition) is 2. The van der Waals surface area contributed by atoms with Gasteiger partial charge in [-0.15, -0.1) is 0 Å². The van der Waals surface area contributed by atoms with Crippen LogP contribution in [0.4, 0.5) is 5.69 Å². The van der Waals surface area contributed by atoms with Crippen molar-refractivity contribution >= 4 is 5.69 Å². The van der Waals surface area contributed by atoms with Crippen LogP contribution >= 0.6 is 0 Å². The van der Waals surface area contributed by atoms with Crippen molar-refractivity contribution in [2.24, 2.45) is 0 Å². The molecule has 2 atom stereocenters. The summed E-state index contributed by atoms with van der Waals surface area (Å²) in [6.07, 6.45) is 2.09. The largest absolute Gasteiger partial charge is 0.399 e. The number of ether oxygens (including phenoxy) is 1. The molecule has 0 amide bonds. The molecule has 0 saturated carbocycles. The first kappa shape index (κ1) is 13.3. The quantitative estimate of drug-likeness (QED) is 0.776. The van der Waals surface area contributed by atoms with Crippen molar-refractivity contribution in [1.29, 1.82) is 0 Å². The number of nitrogens with two attached hydrogens (primary N) is 1. The van der Waals surface area contributed by atoms with Crippen molar-refractivity contribution < 1.29 is 9.84 Å². The molecule has 0 spiro atoms. The number of aliphatic hydroxyl groups is 1. The summed E-state index contributed by atoms with van der Waals surface area (Å²) >= 11 is 0. The third kappa shape index (κ3) is 3.70. The molecule has 1 heterocycles. The van der Waals surface area contributed by atoms with Gasteiger partial charge in [0.2, 0.25) is 0 Å². The first-order valence-corrected chi connectivity index (χ1v) is 6.49. The molecule has 1 saturated heterocycles. The maximum absolute atomic E-state index is 10.2. The van der Waals surface area contributed by atoms with Crippen LogP contribution in [0.15, 0.2) is 24.3 Å². The molecule has 3 N–H and O–H groups in total. The highest BCUT2D eigenvalue weighted by Crippen LogP contribution is 2.18. The summed E-state index contributed by atoms with van der Waals surface area (Å²) < 4.78 is 5.59. The summed E-state index contributed by atoms with van der Waals surface area (Å²) in [6, 6.07) is 7.42. The molecule has 1 fully saturated rings. The van der Waals surface area contributed by atoms with E-state index in [0.717, 1.165) is 31.6 Å². The van der Waals surface area contributed by atoms with Gasteiger partial charge < -0.3 is 20.5 Å². The highest BCUT2D eigenvalue weighted by Gasteiger charge is 2.19. The van der Waals surface area contributed by atoms with Crippen LogP contribution in [0.2, 0.25) is 0 Å². The van der Waals surface area contributed by atoms with Gasteiger partial charge in [0.25, 0.3) is 0 Å². The fourth-order valence-electron chi connectivity index (χ4n) is 2.38. The van der Waals surface area contributed by atoms with Gasteiger partial charge in [-0.05, 0) is 37.6 Å². The van der Waals surface area contributed by atoms with Crippen LogP contribution in [-0.4, -0.2) is 42.9 Å². The third-order valence-corrected chi connectivity index (χ3v) is 3.32. The second-order valence-electron chi connectivity index (χ2n) is 5.04. The maximum atomic E-state index is 10.2. The number of anilines is 1. The van der Waals surface area contributed by atoms with Gasteiger partial charge in [-0.3, -0.25) is 0 Å². The van der Waals surface area contributed by atoms with E-state index < -0.39 is 6.10 Å². The summed E-state index contributed by atoms with van der Waals surface area (Å²) in [4.78, 5) is 2.11. The number of aliphatic hydroxyl groups excluding tert-OH is 1. The van der Waals surface area contributed by atoms with Gasteiger partial charge in [0, 0.05) is 25.4 Å². The van der Waals surface area contributed by atoms with E-state index in [2.05, 4.69) is 4.90 Å². The lowest BCUT2D eigenvalue weighted by molar-refractivity contribution is 0.0602. The number of nitrogens with zero attached hydrogens (tertiary/aromatic N) is 1. The Bertz CT molecular complexity index is 378. The molecular weight excluding hydrogens is 228 g/mol. The van der Waals surface area contributed by atoms with E-state index in [1.807, 2.05) is 31.3 Å². The fourth-order valence-corrected chi connectivity index (χ4v) is 2.38. The Kier molecular flexibility index (Phi) is 4.58. The fraction of sp³-hybridized carbons (Fsp3) is 0.571. The number of benzene rings is 1. The monoisotopic (exact) mass is 250 g/mol. The van der Waals surface area contributed by atoms with E-state index in [1.165, 1.54) is 0 Å². The van der Waals surface area contributed by atoms with E-state index in [-0.39, 0.29) is 0 Å². The number of nitrogen functional groups attached to an aromatic ring is 1. The Morgan fingerprint density at radius 1 is 1.56 bits per heavy atom. The van der Waals surface area contributed by atoms with Gasteiger partial charge in [-0.25, -0.2) is 0 Å². The highest BCUT2D eigenvalue weighted by atomic mass is 16.5. The third-order valence-electron chi connectivity index (χ3n) is 3.32. The summed E-state index contributed by atoms with van der Waals surface area (Å²) in [6.45, 7) is 2.35. The standard InChI is InChI=1S/C14H22N2O2/c1-16(9-13-6-3-7-18-13)10-14(17)11-4-2-5-12(15)8-11/h2,4-5,8,13-14,17H,3,6-7,9-10,15H2,1H3. The SMILES string of the molecule is CN(CC1CCCO1)CC(O)c1cccc(N)c1. The molecule has 4 nitrogen and oxygen atoms in total. The van der Waals surface area contributed by atoms with E-state index in [9.17, 15) is 5.11 Å². The Morgan fingerprint density at radius 3 is 3.06 bits per heavy atom. The zero-order chi connectivity index (χ0) is 13.0. The normalized spacial score (nSPS) is 21.4. The molecule has 100 valence electrons. The highest BCUT2D eigenvalue weighted by molar-refractivity contribution is 5.41. The molecule has 2 rings (SSSR count). The molecule has 18 heavy (non-hydrogen) atoms. The Morgan fingerprint density at radius 2 is 2.39 bits per heavy atom. The van der Waals surface area contributed by atoms with Crippen LogP contribution in [-0.2, 0) is 4.74 Å². The summed E-state index contributed by atoms with van der Waals surface area (Å²) in [5.41, 5.74) is 7.27. The average molecular weight is 250 g/mol. The Hall–Kier alpha value is -1.10. The van der Waals surface area contributed by atoms with Crippen LogP contribution in [0.3, 0.4) is 0 Å². The molecule has 4 heteroatoms. The smallest absolute Gasteiger partial charge is 0.0917 e. The summed E-state index contributed by atoms with van der Waals surface area (Å²) in [7, 11) is 2.01. The summed E-state index contributed by atoms with van der Waals surface area (Å²) in [5, 5.41) is 10.2. The molecule has 1 aromatic rings. The van der Waals surface area contributed by atoms with E-state index in [0.29, 0.717) is 18.3 Å². The Labute approximate surface area is 108 Å². The molecule has 1 aromatic carbocycles. The number of hydrogen-bond acceptors (Lipinski definition) is 4. The van der Waals surface area contributed by atoms with Gasteiger partial charge in [0.1, 0.15) is 0 Å². The van der Waals surface area contributed by atoms with Crippen molar-refractivity contribution in [3.8, 4) is 0 Å². The molecule has 1 aliphatic rings. The first-order chi connectivity index (χ1) is 8.65. The predicted octanol–water partition coefficient (Wildman–Crippen LogP) is 1.41. The van der Waals surface area contributed by atoms with Crippen LogP contribution < -0.4 is 5.73 Å². The molecule has 0 aliphatic carbocycles.